The summed E-state index contributed by atoms with van der Waals surface area (Å²) in [5.74, 6) is -0.313. The SMILES string of the molecule is CCNC(=O)[C@@H]1C[C@@H](N)CN1S(=O)(=O)c1ccc(-n2cccn2)cc1. The molecule has 2 heterocycles. The van der Waals surface area contributed by atoms with Crippen LogP contribution >= 0.6 is 0 Å². The van der Waals surface area contributed by atoms with Crippen LogP contribution in [0.5, 0.6) is 0 Å². The summed E-state index contributed by atoms with van der Waals surface area (Å²) in [4.78, 5) is 12.3. The monoisotopic (exact) mass is 363 g/mol. The van der Waals surface area contributed by atoms with E-state index >= 15 is 0 Å². The first-order valence-electron chi connectivity index (χ1n) is 8.08. The number of hydrogen-bond donors (Lipinski definition) is 2. The van der Waals surface area contributed by atoms with Gasteiger partial charge in [0.15, 0.2) is 0 Å². The third kappa shape index (κ3) is 3.44. The van der Waals surface area contributed by atoms with Gasteiger partial charge in [-0.25, -0.2) is 13.1 Å². The van der Waals surface area contributed by atoms with Crippen molar-refractivity contribution < 1.29 is 13.2 Å². The smallest absolute Gasteiger partial charge is 0.243 e. The van der Waals surface area contributed by atoms with Crippen LogP contribution in [-0.2, 0) is 14.8 Å². The van der Waals surface area contributed by atoms with Crippen LogP contribution in [0, 0.1) is 0 Å². The van der Waals surface area contributed by atoms with Gasteiger partial charge in [0.05, 0.1) is 10.6 Å². The fourth-order valence-corrected chi connectivity index (χ4v) is 4.62. The van der Waals surface area contributed by atoms with Crippen LogP contribution in [0.2, 0.25) is 0 Å². The second kappa shape index (κ2) is 6.95. The summed E-state index contributed by atoms with van der Waals surface area (Å²) >= 11 is 0. The summed E-state index contributed by atoms with van der Waals surface area (Å²) in [5, 5.41) is 6.79. The molecule has 8 nitrogen and oxygen atoms in total. The van der Waals surface area contributed by atoms with Crippen molar-refractivity contribution in [2.45, 2.75) is 30.3 Å². The molecule has 0 bridgehead atoms. The summed E-state index contributed by atoms with van der Waals surface area (Å²) in [5.41, 5.74) is 6.67. The van der Waals surface area contributed by atoms with E-state index < -0.39 is 16.1 Å². The van der Waals surface area contributed by atoms with Gasteiger partial charge in [0.1, 0.15) is 6.04 Å². The lowest BCUT2D eigenvalue weighted by Crippen LogP contribution is -2.45. The summed E-state index contributed by atoms with van der Waals surface area (Å²) in [6, 6.07) is 7.05. The number of aromatic nitrogens is 2. The average molecular weight is 363 g/mol. The van der Waals surface area contributed by atoms with E-state index in [4.69, 9.17) is 5.73 Å². The standard InChI is InChI=1S/C16H21N5O3S/c1-2-18-16(22)15-10-12(17)11-21(15)25(23,24)14-6-4-13(5-7-14)20-9-3-8-19-20/h3-9,12,15H,2,10-11,17H2,1H3,(H,18,22)/t12-,15+/m1/s1. The number of nitrogens with zero attached hydrogens (tertiary/aromatic N) is 3. The second-order valence-electron chi connectivity index (χ2n) is 5.93. The molecule has 0 radical (unpaired) electrons. The number of nitrogens with two attached hydrogens (primary N) is 1. The van der Waals surface area contributed by atoms with E-state index in [1.165, 1.54) is 16.4 Å². The molecule has 1 saturated heterocycles. The Hall–Kier alpha value is -2.23. The third-order valence-electron chi connectivity index (χ3n) is 4.15. The van der Waals surface area contributed by atoms with Crippen LogP contribution in [0.3, 0.4) is 0 Å². The summed E-state index contributed by atoms with van der Waals surface area (Å²) < 4.78 is 28.8. The van der Waals surface area contributed by atoms with Gasteiger partial charge in [-0.1, -0.05) is 0 Å². The van der Waals surface area contributed by atoms with Crippen LogP contribution in [0.25, 0.3) is 5.69 Å². The van der Waals surface area contributed by atoms with E-state index in [0.717, 1.165) is 5.69 Å². The van der Waals surface area contributed by atoms with Crippen LogP contribution in [0.4, 0.5) is 0 Å². The minimum atomic E-state index is -3.81. The molecule has 0 spiro atoms. The Labute approximate surface area is 146 Å². The predicted octanol–water partition coefficient (Wildman–Crippen LogP) is 0.0987. The lowest BCUT2D eigenvalue weighted by molar-refractivity contribution is -0.124. The maximum atomic E-state index is 13.0. The number of amides is 1. The molecule has 1 aliphatic heterocycles. The topological polar surface area (TPSA) is 110 Å². The Balaban J connectivity index is 1.88. The molecule has 1 aromatic carbocycles. The quantitative estimate of drug-likeness (QED) is 0.783. The second-order valence-corrected chi connectivity index (χ2v) is 7.82. The maximum Gasteiger partial charge on any atom is 0.243 e. The number of hydrogen-bond acceptors (Lipinski definition) is 5. The summed E-state index contributed by atoms with van der Waals surface area (Å²) in [6.07, 6.45) is 3.73. The molecule has 1 amide bonds. The van der Waals surface area contributed by atoms with Crippen LogP contribution in [-0.4, -0.2) is 53.6 Å². The molecule has 1 aromatic heterocycles. The van der Waals surface area contributed by atoms with Crippen molar-refractivity contribution in [3.05, 3.63) is 42.7 Å². The summed E-state index contributed by atoms with van der Waals surface area (Å²) in [6.45, 7) is 2.36. The molecule has 134 valence electrons. The lowest BCUT2D eigenvalue weighted by atomic mass is 10.2. The van der Waals surface area contributed by atoms with Crippen LogP contribution < -0.4 is 11.1 Å². The zero-order chi connectivity index (χ0) is 18.0. The van der Waals surface area contributed by atoms with Crippen LogP contribution in [0.15, 0.2) is 47.6 Å². The first-order valence-corrected chi connectivity index (χ1v) is 9.52. The van der Waals surface area contributed by atoms with Gasteiger partial charge >= 0.3 is 0 Å². The van der Waals surface area contributed by atoms with Gasteiger partial charge in [-0.15, -0.1) is 0 Å². The number of benzene rings is 1. The molecular weight excluding hydrogens is 342 g/mol. The zero-order valence-electron chi connectivity index (χ0n) is 13.9. The normalized spacial score (nSPS) is 21.4. The van der Waals surface area contributed by atoms with Crippen molar-refractivity contribution >= 4 is 15.9 Å². The molecule has 25 heavy (non-hydrogen) atoms. The van der Waals surface area contributed by atoms with Crippen molar-refractivity contribution in [1.29, 1.82) is 0 Å². The zero-order valence-corrected chi connectivity index (χ0v) is 14.7. The van der Waals surface area contributed by atoms with E-state index in [1.54, 1.807) is 42.2 Å². The molecule has 3 rings (SSSR count). The number of carbonyl (C=O) groups excluding carboxylic acids is 1. The predicted molar refractivity (Wildman–Crippen MR) is 92.5 cm³/mol. The van der Waals surface area contributed by atoms with E-state index in [9.17, 15) is 13.2 Å². The Kier molecular flexibility index (Phi) is 4.89. The lowest BCUT2D eigenvalue weighted by Gasteiger charge is -2.23. The number of sulfonamides is 1. The minimum absolute atomic E-state index is 0.130. The van der Waals surface area contributed by atoms with Crippen molar-refractivity contribution in [1.82, 2.24) is 19.4 Å². The highest BCUT2D eigenvalue weighted by Gasteiger charge is 2.42. The minimum Gasteiger partial charge on any atom is -0.355 e. The molecule has 2 aromatic rings. The third-order valence-corrected chi connectivity index (χ3v) is 6.04. The molecule has 1 aliphatic rings. The summed E-state index contributed by atoms with van der Waals surface area (Å²) in [7, 11) is -3.81. The Bertz CT molecular complexity index is 833. The van der Waals surface area contributed by atoms with Gasteiger partial charge in [-0.05, 0) is 43.7 Å². The van der Waals surface area contributed by atoms with E-state index in [1.807, 2.05) is 0 Å². The number of rotatable bonds is 5. The molecule has 3 N–H and O–H groups in total. The molecule has 1 fully saturated rings. The Morgan fingerprint density at radius 2 is 2.08 bits per heavy atom. The molecule has 0 saturated carbocycles. The molecule has 2 atom stereocenters. The number of likely N-dealkylation sites (N-methyl/N-ethyl adjacent to an activating group) is 1. The molecular formula is C16H21N5O3S. The highest BCUT2D eigenvalue weighted by molar-refractivity contribution is 7.89. The van der Waals surface area contributed by atoms with E-state index in [2.05, 4.69) is 10.4 Å². The molecule has 9 heteroatoms. The van der Waals surface area contributed by atoms with Gasteiger partial charge in [0.25, 0.3) is 0 Å². The van der Waals surface area contributed by atoms with Gasteiger partial charge in [-0.3, -0.25) is 4.79 Å². The van der Waals surface area contributed by atoms with Crippen molar-refractivity contribution in [3.8, 4) is 5.69 Å². The molecule has 0 aliphatic carbocycles. The van der Waals surface area contributed by atoms with E-state index in [-0.39, 0.29) is 23.4 Å². The fourth-order valence-electron chi connectivity index (χ4n) is 2.96. The first kappa shape index (κ1) is 17.6. The number of carbonyl (C=O) groups is 1. The maximum absolute atomic E-state index is 13.0. The highest BCUT2D eigenvalue weighted by Crippen LogP contribution is 2.26. The van der Waals surface area contributed by atoms with E-state index in [0.29, 0.717) is 13.0 Å². The average Bonchev–Trinajstić information content (AvgIpc) is 3.25. The van der Waals surface area contributed by atoms with Crippen LogP contribution in [0.1, 0.15) is 13.3 Å². The Morgan fingerprint density at radius 1 is 1.36 bits per heavy atom. The van der Waals surface area contributed by atoms with Gasteiger partial charge < -0.3 is 11.1 Å². The van der Waals surface area contributed by atoms with Crippen molar-refractivity contribution in [2.75, 3.05) is 13.1 Å². The largest absolute Gasteiger partial charge is 0.355 e. The van der Waals surface area contributed by atoms with Crippen molar-refractivity contribution in [2.24, 2.45) is 5.73 Å². The Morgan fingerprint density at radius 3 is 2.68 bits per heavy atom. The first-order chi connectivity index (χ1) is 11.9. The van der Waals surface area contributed by atoms with Crippen molar-refractivity contribution in [3.63, 3.8) is 0 Å². The van der Waals surface area contributed by atoms with Gasteiger partial charge in [-0.2, -0.15) is 9.40 Å². The van der Waals surface area contributed by atoms with Gasteiger partial charge in [0.2, 0.25) is 15.9 Å². The fraction of sp³-hybridized carbons (Fsp3) is 0.375. The van der Waals surface area contributed by atoms with Gasteiger partial charge in [0, 0.05) is 31.5 Å². The highest BCUT2D eigenvalue weighted by atomic mass is 32.2. The molecule has 0 unspecified atom stereocenters. The number of nitrogens with one attached hydrogen (secondary N) is 1.